The lowest BCUT2D eigenvalue weighted by Gasteiger charge is -2.13. The Bertz CT molecular complexity index is 398. The zero-order valence-corrected chi connectivity index (χ0v) is 7.86. The number of nitrogen functional groups attached to an aromatic ring is 1. The van der Waals surface area contributed by atoms with Crippen molar-refractivity contribution in [2.24, 2.45) is 0 Å². The van der Waals surface area contributed by atoms with E-state index in [2.05, 4.69) is 4.74 Å². The molecule has 0 aromatic heterocycles. The first-order chi connectivity index (χ1) is 7.43. The van der Waals surface area contributed by atoms with Crippen molar-refractivity contribution in [3.63, 3.8) is 0 Å². The molecule has 1 aromatic carbocycles. The van der Waals surface area contributed by atoms with Crippen molar-refractivity contribution in [3.8, 4) is 5.75 Å². The van der Waals surface area contributed by atoms with Gasteiger partial charge in [0.15, 0.2) is 0 Å². The van der Waals surface area contributed by atoms with Crippen LogP contribution in [0.1, 0.15) is 10.4 Å². The second-order valence-corrected chi connectivity index (χ2v) is 2.83. The van der Waals surface area contributed by atoms with Crippen LogP contribution in [0.15, 0.2) is 18.2 Å². The smallest absolute Gasteiger partial charge is 0.341 e. The molecule has 1 aromatic rings. The van der Waals surface area contributed by atoms with Crippen LogP contribution >= 0.6 is 0 Å². The van der Waals surface area contributed by atoms with Gasteiger partial charge < -0.3 is 15.6 Å². The number of alkyl halides is 3. The van der Waals surface area contributed by atoms with Gasteiger partial charge in [-0.25, -0.2) is 13.6 Å². The first kappa shape index (κ1) is 12.2. The summed E-state index contributed by atoms with van der Waals surface area (Å²) in [7, 11) is 0. The average molecular weight is 235 g/mol. The van der Waals surface area contributed by atoms with Crippen molar-refractivity contribution >= 4 is 11.7 Å². The second-order valence-electron chi connectivity index (χ2n) is 2.83. The summed E-state index contributed by atoms with van der Waals surface area (Å²) in [6.45, 7) is 0. The Morgan fingerprint density at radius 2 is 2.00 bits per heavy atom. The number of carboxylic acid groups (broad SMARTS) is 1. The molecule has 0 spiro atoms. The topological polar surface area (TPSA) is 72.5 Å². The third-order valence-corrected chi connectivity index (χ3v) is 1.71. The van der Waals surface area contributed by atoms with Crippen LogP contribution in [0, 0.1) is 0 Å². The van der Waals surface area contributed by atoms with E-state index in [4.69, 9.17) is 10.8 Å². The van der Waals surface area contributed by atoms with Gasteiger partial charge >= 0.3 is 12.4 Å². The number of aromatic carboxylic acids is 1. The maximum Gasteiger partial charge on any atom is 0.341 e. The summed E-state index contributed by atoms with van der Waals surface area (Å²) in [6.07, 6.45) is -6.25. The fraction of sp³-hybridized carbons (Fsp3) is 0.222. The molecule has 88 valence electrons. The molecule has 1 rings (SSSR count). The molecule has 0 aliphatic rings. The SMILES string of the molecule is Nc1cccc(OC(F)C(F)F)c1C(=O)O. The summed E-state index contributed by atoms with van der Waals surface area (Å²) >= 11 is 0. The van der Waals surface area contributed by atoms with Crippen LogP contribution in [-0.2, 0) is 0 Å². The number of hydrogen-bond donors (Lipinski definition) is 2. The highest BCUT2D eigenvalue weighted by molar-refractivity contribution is 5.96. The molecule has 0 amide bonds. The molecule has 0 fully saturated rings. The van der Waals surface area contributed by atoms with Crippen molar-refractivity contribution in [1.82, 2.24) is 0 Å². The minimum Gasteiger partial charge on any atom is -0.477 e. The van der Waals surface area contributed by atoms with E-state index in [0.29, 0.717) is 0 Å². The van der Waals surface area contributed by atoms with E-state index in [1.165, 1.54) is 12.1 Å². The number of ether oxygens (including phenoxy) is 1. The lowest BCUT2D eigenvalue weighted by atomic mass is 10.1. The monoisotopic (exact) mass is 235 g/mol. The number of benzene rings is 1. The predicted octanol–water partition coefficient (Wildman–Crippen LogP) is 1.91. The molecular formula is C9H8F3NO3. The van der Waals surface area contributed by atoms with Crippen LogP contribution in [0.25, 0.3) is 0 Å². The molecule has 1 unspecified atom stereocenters. The van der Waals surface area contributed by atoms with Crippen LogP contribution in [-0.4, -0.2) is 23.9 Å². The van der Waals surface area contributed by atoms with Crippen LogP contribution in [0.5, 0.6) is 5.75 Å². The molecule has 4 nitrogen and oxygen atoms in total. The molecule has 0 radical (unpaired) electrons. The van der Waals surface area contributed by atoms with Gasteiger partial charge in [-0.15, -0.1) is 0 Å². The fourth-order valence-corrected chi connectivity index (χ4v) is 1.05. The van der Waals surface area contributed by atoms with Gasteiger partial charge in [0.25, 0.3) is 6.36 Å². The van der Waals surface area contributed by atoms with Gasteiger partial charge in [0.1, 0.15) is 11.3 Å². The number of halogens is 3. The third kappa shape index (κ3) is 2.56. The minimum absolute atomic E-state index is 0.188. The summed E-state index contributed by atoms with van der Waals surface area (Å²) < 4.78 is 40.5. The zero-order valence-electron chi connectivity index (χ0n) is 7.86. The van der Waals surface area contributed by atoms with Crippen LogP contribution < -0.4 is 10.5 Å². The van der Waals surface area contributed by atoms with E-state index < -0.39 is 30.1 Å². The molecule has 3 N–H and O–H groups in total. The number of hydrogen-bond acceptors (Lipinski definition) is 3. The Morgan fingerprint density at radius 3 is 2.50 bits per heavy atom. The maximum atomic E-state index is 12.6. The molecule has 0 saturated heterocycles. The Hall–Kier alpha value is -1.92. The molecular weight excluding hydrogens is 227 g/mol. The lowest BCUT2D eigenvalue weighted by Crippen LogP contribution is -2.21. The average Bonchev–Trinajstić information content (AvgIpc) is 2.16. The van der Waals surface area contributed by atoms with Gasteiger partial charge in [0, 0.05) is 5.69 Å². The maximum absolute atomic E-state index is 12.6. The first-order valence-electron chi connectivity index (χ1n) is 4.14. The third-order valence-electron chi connectivity index (χ3n) is 1.71. The number of rotatable bonds is 4. The molecule has 7 heteroatoms. The van der Waals surface area contributed by atoms with Gasteiger partial charge in [-0.2, -0.15) is 4.39 Å². The van der Waals surface area contributed by atoms with Crippen molar-refractivity contribution < 1.29 is 27.8 Å². The second kappa shape index (κ2) is 4.73. The molecule has 0 aliphatic heterocycles. The quantitative estimate of drug-likeness (QED) is 0.782. The molecule has 0 bridgehead atoms. The Labute approximate surface area is 88.4 Å². The highest BCUT2D eigenvalue weighted by Gasteiger charge is 2.24. The van der Waals surface area contributed by atoms with E-state index in [1.54, 1.807) is 0 Å². The standard InChI is InChI=1S/C9H8F3NO3/c10-7(11)8(12)16-5-3-1-2-4(13)6(5)9(14)15/h1-3,7-8H,13H2,(H,14,15). The Balaban J connectivity index is 3.04. The summed E-state index contributed by atoms with van der Waals surface area (Å²) in [5.74, 6) is -2.00. The fourth-order valence-electron chi connectivity index (χ4n) is 1.05. The van der Waals surface area contributed by atoms with Gasteiger partial charge in [0.2, 0.25) is 0 Å². The van der Waals surface area contributed by atoms with E-state index in [-0.39, 0.29) is 5.69 Å². The van der Waals surface area contributed by atoms with Gasteiger partial charge in [0.05, 0.1) is 0 Å². The normalized spacial score (nSPS) is 12.5. The summed E-state index contributed by atoms with van der Waals surface area (Å²) in [5.41, 5.74) is 4.58. The Morgan fingerprint density at radius 1 is 1.38 bits per heavy atom. The zero-order chi connectivity index (χ0) is 12.3. The highest BCUT2D eigenvalue weighted by atomic mass is 19.3. The lowest BCUT2D eigenvalue weighted by molar-refractivity contribution is -0.0672. The number of anilines is 1. The van der Waals surface area contributed by atoms with Crippen LogP contribution in [0.2, 0.25) is 0 Å². The Kier molecular flexibility index (Phi) is 3.60. The van der Waals surface area contributed by atoms with Gasteiger partial charge in [-0.05, 0) is 12.1 Å². The molecule has 0 aliphatic carbocycles. The predicted molar refractivity (Wildman–Crippen MR) is 49.3 cm³/mol. The van der Waals surface area contributed by atoms with E-state index in [9.17, 15) is 18.0 Å². The summed E-state index contributed by atoms with van der Waals surface area (Å²) in [4.78, 5) is 10.7. The number of carbonyl (C=O) groups is 1. The van der Waals surface area contributed by atoms with Crippen molar-refractivity contribution in [2.45, 2.75) is 12.8 Å². The molecule has 0 heterocycles. The molecule has 16 heavy (non-hydrogen) atoms. The summed E-state index contributed by atoms with van der Waals surface area (Å²) in [5, 5.41) is 8.73. The molecule has 1 atom stereocenters. The van der Waals surface area contributed by atoms with Crippen LogP contribution in [0.3, 0.4) is 0 Å². The van der Waals surface area contributed by atoms with Crippen LogP contribution in [0.4, 0.5) is 18.9 Å². The van der Waals surface area contributed by atoms with E-state index >= 15 is 0 Å². The van der Waals surface area contributed by atoms with Gasteiger partial charge in [-0.1, -0.05) is 6.07 Å². The number of carboxylic acids is 1. The molecule has 0 saturated carbocycles. The van der Waals surface area contributed by atoms with Crippen molar-refractivity contribution in [2.75, 3.05) is 5.73 Å². The van der Waals surface area contributed by atoms with Crippen molar-refractivity contribution in [3.05, 3.63) is 23.8 Å². The minimum atomic E-state index is -3.36. The summed E-state index contributed by atoms with van der Waals surface area (Å²) in [6, 6.07) is 3.57. The van der Waals surface area contributed by atoms with Gasteiger partial charge in [-0.3, -0.25) is 0 Å². The number of nitrogens with two attached hydrogens (primary N) is 1. The largest absolute Gasteiger partial charge is 0.477 e. The van der Waals surface area contributed by atoms with E-state index in [1.807, 2.05) is 0 Å². The highest BCUT2D eigenvalue weighted by Crippen LogP contribution is 2.26. The van der Waals surface area contributed by atoms with E-state index in [0.717, 1.165) is 6.07 Å². The van der Waals surface area contributed by atoms with Crippen molar-refractivity contribution in [1.29, 1.82) is 0 Å². The first-order valence-corrected chi connectivity index (χ1v) is 4.14.